The molecule has 1 aromatic carbocycles. The first kappa shape index (κ1) is 10.3. The Hall–Kier alpha value is -1.88. The SMILES string of the molecule is Cn1c(=O)oc2ccc(C(=O)C3(N)CC3)cc21. The minimum Gasteiger partial charge on any atom is -0.408 e. The Kier molecular flexibility index (Phi) is 1.86. The van der Waals surface area contributed by atoms with E-state index in [0.717, 1.165) is 12.8 Å². The lowest BCUT2D eigenvalue weighted by Gasteiger charge is -2.07. The van der Waals surface area contributed by atoms with Gasteiger partial charge in [0.15, 0.2) is 11.4 Å². The van der Waals surface area contributed by atoms with Crippen LogP contribution in [0.15, 0.2) is 27.4 Å². The van der Waals surface area contributed by atoms with E-state index in [-0.39, 0.29) is 5.78 Å². The van der Waals surface area contributed by atoms with Gasteiger partial charge in [0.05, 0.1) is 11.1 Å². The Bertz CT molecular complexity index is 677. The molecule has 5 nitrogen and oxygen atoms in total. The number of Topliss-reactive ketones (excluding diaryl/α,β-unsaturated/α-hetero) is 1. The molecule has 5 heteroatoms. The van der Waals surface area contributed by atoms with Crippen LogP contribution in [0.4, 0.5) is 0 Å². The van der Waals surface area contributed by atoms with Gasteiger partial charge in [-0.1, -0.05) is 0 Å². The molecule has 0 saturated heterocycles. The fraction of sp³-hybridized carbons (Fsp3) is 0.333. The molecule has 0 atom stereocenters. The maximum absolute atomic E-state index is 12.0. The summed E-state index contributed by atoms with van der Waals surface area (Å²) in [6, 6.07) is 4.95. The molecule has 88 valence electrons. The van der Waals surface area contributed by atoms with Crippen LogP contribution in [-0.2, 0) is 7.05 Å². The lowest BCUT2D eigenvalue weighted by Crippen LogP contribution is -2.32. The molecule has 17 heavy (non-hydrogen) atoms. The second kappa shape index (κ2) is 3.07. The van der Waals surface area contributed by atoms with Crippen LogP contribution in [0.5, 0.6) is 0 Å². The van der Waals surface area contributed by atoms with Gasteiger partial charge in [-0.05, 0) is 31.0 Å². The zero-order valence-corrected chi connectivity index (χ0v) is 9.40. The predicted molar refractivity (Wildman–Crippen MR) is 61.9 cm³/mol. The summed E-state index contributed by atoms with van der Waals surface area (Å²) < 4.78 is 6.38. The van der Waals surface area contributed by atoms with Crippen LogP contribution in [0, 0.1) is 0 Å². The molecule has 1 heterocycles. The lowest BCUT2D eigenvalue weighted by atomic mass is 10.0. The van der Waals surface area contributed by atoms with Crippen molar-refractivity contribution < 1.29 is 9.21 Å². The summed E-state index contributed by atoms with van der Waals surface area (Å²) in [4.78, 5) is 23.4. The average Bonchev–Trinajstić information content (AvgIpc) is 3.00. The summed E-state index contributed by atoms with van der Waals surface area (Å²) in [5.74, 6) is -0.494. The minimum absolute atomic E-state index is 0.0620. The van der Waals surface area contributed by atoms with Crippen molar-refractivity contribution in [3.8, 4) is 0 Å². The van der Waals surface area contributed by atoms with Crippen LogP contribution >= 0.6 is 0 Å². The molecule has 0 radical (unpaired) electrons. The van der Waals surface area contributed by atoms with Crippen LogP contribution in [0.3, 0.4) is 0 Å². The summed E-state index contributed by atoms with van der Waals surface area (Å²) in [6.07, 6.45) is 1.46. The molecule has 1 aromatic heterocycles. The minimum atomic E-state index is -0.684. The molecule has 0 amide bonds. The Balaban J connectivity index is 2.16. The normalized spacial score (nSPS) is 17.3. The van der Waals surface area contributed by atoms with Gasteiger partial charge in [-0.15, -0.1) is 0 Å². The van der Waals surface area contributed by atoms with Crippen LogP contribution in [0.25, 0.3) is 11.1 Å². The quantitative estimate of drug-likeness (QED) is 0.777. The molecule has 0 spiro atoms. The number of aryl methyl sites for hydroxylation is 1. The van der Waals surface area contributed by atoms with E-state index in [4.69, 9.17) is 10.2 Å². The van der Waals surface area contributed by atoms with Crippen molar-refractivity contribution in [2.24, 2.45) is 12.8 Å². The highest BCUT2D eigenvalue weighted by molar-refractivity contribution is 6.06. The third kappa shape index (κ3) is 1.43. The number of rotatable bonds is 2. The van der Waals surface area contributed by atoms with E-state index < -0.39 is 11.3 Å². The number of carbonyl (C=O) groups is 1. The second-order valence-electron chi connectivity index (χ2n) is 4.59. The molecule has 2 aromatic rings. The van der Waals surface area contributed by atoms with Gasteiger partial charge in [0, 0.05) is 12.6 Å². The van der Waals surface area contributed by atoms with Crippen LogP contribution in [0.1, 0.15) is 23.2 Å². The number of carbonyl (C=O) groups excluding carboxylic acids is 1. The van der Waals surface area contributed by atoms with Crippen molar-refractivity contribution in [3.63, 3.8) is 0 Å². The monoisotopic (exact) mass is 232 g/mol. The first-order valence-corrected chi connectivity index (χ1v) is 5.44. The molecule has 1 saturated carbocycles. The van der Waals surface area contributed by atoms with Gasteiger partial charge < -0.3 is 10.2 Å². The Morgan fingerprint density at radius 1 is 1.47 bits per heavy atom. The summed E-state index contributed by atoms with van der Waals surface area (Å²) in [7, 11) is 1.61. The summed E-state index contributed by atoms with van der Waals surface area (Å²) in [6.45, 7) is 0. The maximum Gasteiger partial charge on any atom is 0.419 e. The van der Waals surface area contributed by atoms with E-state index in [1.54, 1.807) is 25.2 Å². The highest BCUT2D eigenvalue weighted by atomic mass is 16.4. The number of hydrogen-bond donors (Lipinski definition) is 1. The molecule has 0 aliphatic heterocycles. The van der Waals surface area contributed by atoms with E-state index in [1.807, 2.05) is 0 Å². The zero-order valence-electron chi connectivity index (χ0n) is 9.40. The van der Waals surface area contributed by atoms with E-state index in [2.05, 4.69) is 0 Å². The molecule has 0 unspecified atom stereocenters. The van der Waals surface area contributed by atoms with Gasteiger partial charge in [0.25, 0.3) is 0 Å². The topological polar surface area (TPSA) is 78.2 Å². The molecule has 2 N–H and O–H groups in total. The lowest BCUT2D eigenvalue weighted by molar-refractivity contribution is 0.0949. The van der Waals surface area contributed by atoms with E-state index >= 15 is 0 Å². The maximum atomic E-state index is 12.0. The first-order valence-electron chi connectivity index (χ1n) is 5.44. The third-order valence-electron chi connectivity index (χ3n) is 3.29. The number of nitrogens with two attached hydrogens (primary N) is 1. The van der Waals surface area contributed by atoms with Gasteiger partial charge in [-0.2, -0.15) is 0 Å². The molecular weight excluding hydrogens is 220 g/mol. The van der Waals surface area contributed by atoms with Crippen molar-refractivity contribution in [2.75, 3.05) is 0 Å². The fourth-order valence-corrected chi connectivity index (χ4v) is 1.92. The summed E-state index contributed by atoms with van der Waals surface area (Å²) in [5, 5.41) is 0. The summed E-state index contributed by atoms with van der Waals surface area (Å²) in [5.41, 5.74) is 6.82. The van der Waals surface area contributed by atoms with E-state index in [9.17, 15) is 9.59 Å². The Labute approximate surface area is 96.8 Å². The highest BCUT2D eigenvalue weighted by Gasteiger charge is 2.46. The molecule has 0 bridgehead atoms. The van der Waals surface area contributed by atoms with E-state index in [1.165, 1.54) is 4.57 Å². The fourth-order valence-electron chi connectivity index (χ4n) is 1.92. The van der Waals surface area contributed by atoms with Crippen LogP contribution in [0.2, 0.25) is 0 Å². The number of ketones is 1. The smallest absolute Gasteiger partial charge is 0.408 e. The molecule has 1 aliphatic rings. The van der Waals surface area contributed by atoms with E-state index in [0.29, 0.717) is 16.7 Å². The van der Waals surface area contributed by atoms with Gasteiger partial charge >= 0.3 is 5.76 Å². The molecule has 3 rings (SSSR count). The van der Waals surface area contributed by atoms with Gasteiger partial charge in [-0.3, -0.25) is 9.36 Å². The predicted octanol–water partition coefficient (Wildman–Crippen LogP) is 0.805. The Morgan fingerprint density at radius 2 is 2.18 bits per heavy atom. The second-order valence-corrected chi connectivity index (χ2v) is 4.59. The number of hydrogen-bond acceptors (Lipinski definition) is 4. The standard InChI is InChI=1S/C12H12N2O3/c1-14-8-6-7(10(15)12(13)4-5-12)2-3-9(8)17-11(14)16/h2-3,6H,4-5,13H2,1H3. The number of oxazole rings is 1. The van der Waals surface area contributed by atoms with Crippen LogP contribution in [-0.4, -0.2) is 15.9 Å². The number of fused-ring (bicyclic) bond motifs is 1. The molecule has 1 aliphatic carbocycles. The molecular formula is C12H12N2O3. The first-order chi connectivity index (χ1) is 8.01. The molecule has 1 fully saturated rings. The summed E-state index contributed by atoms with van der Waals surface area (Å²) >= 11 is 0. The average molecular weight is 232 g/mol. The van der Waals surface area contributed by atoms with Crippen molar-refractivity contribution in [1.82, 2.24) is 4.57 Å². The van der Waals surface area contributed by atoms with Gasteiger partial charge in [0.2, 0.25) is 0 Å². The largest absolute Gasteiger partial charge is 0.419 e. The number of benzene rings is 1. The van der Waals surface area contributed by atoms with Gasteiger partial charge in [0.1, 0.15) is 0 Å². The number of nitrogens with zero attached hydrogens (tertiary/aromatic N) is 1. The van der Waals surface area contributed by atoms with Crippen molar-refractivity contribution in [1.29, 1.82) is 0 Å². The highest BCUT2D eigenvalue weighted by Crippen LogP contribution is 2.35. The number of aromatic nitrogens is 1. The van der Waals surface area contributed by atoms with Crippen molar-refractivity contribution >= 4 is 16.9 Å². The van der Waals surface area contributed by atoms with Crippen molar-refractivity contribution in [3.05, 3.63) is 34.3 Å². The third-order valence-corrected chi connectivity index (χ3v) is 3.29. The van der Waals surface area contributed by atoms with Crippen LogP contribution < -0.4 is 11.5 Å². The zero-order chi connectivity index (χ0) is 12.2. The Morgan fingerprint density at radius 3 is 2.82 bits per heavy atom. The van der Waals surface area contributed by atoms with Crippen molar-refractivity contribution in [2.45, 2.75) is 18.4 Å². The van der Waals surface area contributed by atoms with Gasteiger partial charge in [-0.25, -0.2) is 4.79 Å².